The zero-order chi connectivity index (χ0) is 21.1. The molecule has 9 heteroatoms. The van der Waals surface area contributed by atoms with E-state index in [2.05, 4.69) is 10.2 Å². The molecule has 4 rings (SSSR count). The summed E-state index contributed by atoms with van der Waals surface area (Å²) in [6.45, 7) is 0.242. The van der Waals surface area contributed by atoms with Gasteiger partial charge in [0.1, 0.15) is 23.7 Å². The molecule has 0 atom stereocenters. The molecule has 0 radical (unpaired) electrons. The van der Waals surface area contributed by atoms with E-state index in [1.807, 2.05) is 35.9 Å². The molecular weight excluding hydrogens is 426 g/mol. The Bertz CT molecular complexity index is 1250. The normalized spacial score (nSPS) is 11.0. The van der Waals surface area contributed by atoms with Gasteiger partial charge in [-0.2, -0.15) is 0 Å². The van der Waals surface area contributed by atoms with Crippen LogP contribution in [0.5, 0.6) is 11.5 Å². The minimum Gasteiger partial charge on any atom is -0.497 e. The van der Waals surface area contributed by atoms with Gasteiger partial charge in [-0.15, -0.1) is 10.2 Å². The van der Waals surface area contributed by atoms with Crippen molar-refractivity contribution in [3.05, 3.63) is 75.4 Å². The van der Waals surface area contributed by atoms with Crippen LogP contribution in [0.25, 0.3) is 11.0 Å². The molecule has 2 heterocycles. The summed E-state index contributed by atoms with van der Waals surface area (Å²) in [4.78, 5) is 12.0. The number of thioether (sulfide) groups is 1. The van der Waals surface area contributed by atoms with Crippen LogP contribution in [0.2, 0.25) is 5.02 Å². The zero-order valence-electron chi connectivity index (χ0n) is 16.3. The second-order valence-corrected chi connectivity index (χ2v) is 7.77. The highest BCUT2D eigenvalue weighted by atomic mass is 35.5. The molecule has 0 saturated heterocycles. The van der Waals surface area contributed by atoms with Gasteiger partial charge in [-0.05, 0) is 29.8 Å². The first kappa shape index (κ1) is 20.3. The average molecular weight is 444 g/mol. The van der Waals surface area contributed by atoms with E-state index < -0.39 is 5.63 Å². The van der Waals surface area contributed by atoms with Crippen LogP contribution in [-0.2, 0) is 19.4 Å². The maximum absolute atomic E-state index is 12.0. The van der Waals surface area contributed by atoms with Crippen LogP contribution in [0.3, 0.4) is 0 Å². The largest absolute Gasteiger partial charge is 0.497 e. The highest BCUT2D eigenvalue weighted by Gasteiger charge is 2.13. The van der Waals surface area contributed by atoms with E-state index in [0.29, 0.717) is 38.8 Å². The fourth-order valence-electron chi connectivity index (χ4n) is 2.90. The first-order valence-electron chi connectivity index (χ1n) is 9.04. The van der Waals surface area contributed by atoms with E-state index >= 15 is 0 Å². The highest BCUT2D eigenvalue weighted by molar-refractivity contribution is 7.98. The Morgan fingerprint density at radius 2 is 2.00 bits per heavy atom. The molecule has 0 aliphatic heterocycles. The van der Waals surface area contributed by atoms with Crippen molar-refractivity contribution in [3.8, 4) is 11.5 Å². The van der Waals surface area contributed by atoms with Crippen molar-refractivity contribution in [2.75, 3.05) is 7.11 Å². The summed E-state index contributed by atoms with van der Waals surface area (Å²) in [5, 5.41) is 10.5. The second kappa shape index (κ2) is 8.81. The van der Waals surface area contributed by atoms with Crippen LogP contribution < -0.4 is 15.1 Å². The van der Waals surface area contributed by atoms with E-state index in [0.717, 1.165) is 10.9 Å². The third kappa shape index (κ3) is 4.29. The molecule has 30 heavy (non-hydrogen) atoms. The SMILES string of the molecule is COc1ccc2c(CSc3nnc(COc4ccccc4Cl)n3C)cc(=O)oc2c1. The van der Waals surface area contributed by atoms with Crippen molar-refractivity contribution in [1.82, 2.24) is 14.8 Å². The quantitative estimate of drug-likeness (QED) is 0.308. The number of ether oxygens (including phenoxy) is 2. The second-order valence-electron chi connectivity index (χ2n) is 6.42. The number of fused-ring (bicyclic) bond motifs is 1. The van der Waals surface area contributed by atoms with Gasteiger partial charge in [0.2, 0.25) is 0 Å². The molecule has 0 amide bonds. The molecule has 4 aromatic rings. The predicted octanol–water partition coefficient (Wildman–Crippen LogP) is 4.45. The van der Waals surface area contributed by atoms with E-state index in [-0.39, 0.29) is 6.61 Å². The zero-order valence-corrected chi connectivity index (χ0v) is 17.9. The molecule has 154 valence electrons. The van der Waals surface area contributed by atoms with Gasteiger partial charge in [0, 0.05) is 30.3 Å². The van der Waals surface area contributed by atoms with Crippen molar-refractivity contribution in [3.63, 3.8) is 0 Å². The maximum atomic E-state index is 12.0. The van der Waals surface area contributed by atoms with Gasteiger partial charge in [0.25, 0.3) is 0 Å². The summed E-state index contributed by atoms with van der Waals surface area (Å²) in [5.41, 5.74) is 0.938. The van der Waals surface area contributed by atoms with Crippen molar-refractivity contribution in [2.24, 2.45) is 7.05 Å². The molecule has 0 saturated carbocycles. The van der Waals surface area contributed by atoms with Gasteiger partial charge >= 0.3 is 5.63 Å². The van der Waals surface area contributed by atoms with Gasteiger partial charge in [-0.3, -0.25) is 0 Å². The molecule has 0 aliphatic carbocycles. The monoisotopic (exact) mass is 443 g/mol. The Morgan fingerprint density at radius 1 is 1.17 bits per heavy atom. The van der Waals surface area contributed by atoms with Crippen LogP contribution in [-0.4, -0.2) is 21.9 Å². The van der Waals surface area contributed by atoms with Crippen molar-refractivity contribution in [1.29, 1.82) is 0 Å². The smallest absolute Gasteiger partial charge is 0.336 e. The standard InChI is InChI=1S/C21H18ClN3O4S/c1-25-19(11-28-17-6-4-3-5-16(17)22)23-24-21(25)30-12-13-9-20(26)29-18-10-14(27-2)7-8-15(13)18/h3-10H,11-12H2,1-2H3. The van der Waals surface area contributed by atoms with E-state index in [4.69, 9.17) is 25.5 Å². The van der Waals surface area contributed by atoms with Crippen LogP contribution in [0.1, 0.15) is 11.4 Å². The molecule has 7 nitrogen and oxygen atoms in total. The summed E-state index contributed by atoms with van der Waals surface area (Å²) in [6.07, 6.45) is 0. The van der Waals surface area contributed by atoms with E-state index in [1.54, 1.807) is 25.3 Å². The van der Waals surface area contributed by atoms with Crippen molar-refractivity contribution >= 4 is 34.3 Å². The lowest BCUT2D eigenvalue weighted by atomic mass is 10.1. The Kier molecular flexibility index (Phi) is 5.96. The Balaban J connectivity index is 1.50. The number of rotatable bonds is 7. The van der Waals surface area contributed by atoms with Crippen molar-refractivity contribution < 1.29 is 13.9 Å². The van der Waals surface area contributed by atoms with Gasteiger partial charge in [0.15, 0.2) is 11.0 Å². The topological polar surface area (TPSA) is 79.4 Å². The summed E-state index contributed by atoms with van der Waals surface area (Å²) in [6, 6.07) is 14.2. The molecule has 0 fully saturated rings. The van der Waals surface area contributed by atoms with Crippen LogP contribution >= 0.6 is 23.4 Å². The van der Waals surface area contributed by atoms with E-state index in [1.165, 1.54) is 17.8 Å². The first-order valence-corrected chi connectivity index (χ1v) is 10.4. The third-order valence-corrected chi connectivity index (χ3v) is 5.89. The Labute approximate surface area is 181 Å². The van der Waals surface area contributed by atoms with Gasteiger partial charge < -0.3 is 18.5 Å². The summed E-state index contributed by atoms with van der Waals surface area (Å²) < 4.78 is 18.1. The lowest BCUT2D eigenvalue weighted by Crippen LogP contribution is -2.04. The first-order chi connectivity index (χ1) is 14.5. The van der Waals surface area contributed by atoms with Gasteiger partial charge in [-0.25, -0.2) is 4.79 Å². The van der Waals surface area contributed by atoms with Gasteiger partial charge in [-0.1, -0.05) is 35.5 Å². The minimum atomic E-state index is -0.404. The highest BCUT2D eigenvalue weighted by Crippen LogP contribution is 2.28. The summed E-state index contributed by atoms with van der Waals surface area (Å²) >= 11 is 7.59. The lowest BCUT2D eigenvalue weighted by molar-refractivity contribution is 0.290. The summed E-state index contributed by atoms with van der Waals surface area (Å²) in [7, 11) is 3.44. The maximum Gasteiger partial charge on any atom is 0.336 e. The summed E-state index contributed by atoms with van der Waals surface area (Å²) in [5.74, 6) is 2.42. The number of hydrogen-bond acceptors (Lipinski definition) is 7. The number of halogens is 1. The molecule has 0 N–H and O–H groups in total. The number of methoxy groups -OCH3 is 1. The number of para-hydroxylation sites is 1. The fourth-order valence-corrected chi connectivity index (χ4v) is 4.01. The molecule has 0 spiro atoms. The molecule has 2 aromatic carbocycles. The lowest BCUT2D eigenvalue weighted by Gasteiger charge is -2.08. The number of aromatic nitrogens is 3. The number of nitrogens with zero attached hydrogens (tertiary/aromatic N) is 3. The van der Waals surface area contributed by atoms with Crippen LogP contribution in [0.15, 0.2) is 62.9 Å². The molecule has 2 aromatic heterocycles. The average Bonchev–Trinajstić information content (AvgIpc) is 3.10. The van der Waals surface area contributed by atoms with Crippen LogP contribution in [0, 0.1) is 0 Å². The van der Waals surface area contributed by atoms with Crippen molar-refractivity contribution in [2.45, 2.75) is 17.5 Å². The third-order valence-electron chi connectivity index (χ3n) is 4.51. The molecular formula is C21H18ClN3O4S. The fraction of sp³-hybridized carbons (Fsp3) is 0.190. The predicted molar refractivity (Wildman–Crippen MR) is 115 cm³/mol. The molecule has 0 bridgehead atoms. The minimum absolute atomic E-state index is 0.242. The molecule has 0 aliphatic rings. The molecule has 0 unspecified atom stereocenters. The Morgan fingerprint density at radius 3 is 2.80 bits per heavy atom. The van der Waals surface area contributed by atoms with Crippen LogP contribution in [0.4, 0.5) is 0 Å². The Hall–Kier alpha value is -2.97. The van der Waals surface area contributed by atoms with E-state index in [9.17, 15) is 4.79 Å². The van der Waals surface area contributed by atoms with Gasteiger partial charge in [0.05, 0.1) is 12.1 Å². The number of benzene rings is 2. The number of hydrogen-bond donors (Lipinski definition) is 0.